The van der Waals surface area contributed by atoms with Crippen molar-refractivity contribution in [1.29, 1.82) is 0 Å². The number of carbonyl (C=O) groups is 1. The number of nitrogens with one attached hydrogen (secondary N) is 2. The zero-order valence-corrected chi connectivity index (χ0v) is 13.0. The Morgan fingerprint density at radius 1 is 1.33 bits per heavy atom. The maximum atomic E-state index is 11.8. The number of aromatic nitrogens is 3. The van der Waals surface area contributed by atoms with Crippen LogP contribution < -0.4 is 10.6 Å². The molecule has 0 spiro atoms. The summed E-state index contributed by atoms with van der Waals surface area (Å²) < 4.78 is 0. The van der Waals surface area contributed by atoms with Crippen LogP contribution in [-0.2, 0) is 11.2 Å². The van der Waals surface area contributed by atoms with Gasteiger partial charge in [0, 0.05) is 24.3 Å². The maximum Gasteiger partial charge on any atom is 0.228 e. The number of rotatable bonds is 7. The first-order chi connectivity index (χ1) is 10.1. The number of anilines is 2. The van der Waals surface area contributed by atoms with E-state index in [4.69, 9.17) is 0 Å². The number of carbonyl (C=O) groups excluding carboxylic acids is 1. The molecule has 0 saturated carbocycles. The molecular formula is C14H19N5OS. The smallest absolute Gasteiger partial charge is 0.228 e. The van der Waals surface area contributed by atoms with Crippen LogP contribution in [0.5, 0.6) is 0 Å². The number of amides is 1. The van der Waals surface area contributed by atoms with Gasteiger partial charge in [-0.2, -0.15) is 0 Å². The Bertz CT molecular complexity index is 570. The van der Waals surface area contributed by atoms with Gasteiger partial charge in [-0.05, 0) is 18.4 Å². The lowest BCUT2D eigenvalue weighted by Crippen LogP contribution is -2.26. The van der Waals surface area contributed by atoms with Gasteiger partial charge in [-0.25, -0.2) is 15.0 Å². The normalized spacial score (nSPS) is 10.6. The summed E-state index contributed by atoms with van der Waals surface area (Å²) in [7, 11) is 0. The lowest BCUT2D eigenvalue weighted by atomic mass is 10.1. The van der Waals surface area contributed by atoms with Gasteiger partial charge in [-0.3, -0.25) is 4.79 Å². The van der Waals surface area contributed by atoms with Gasteiger partial charge in [-0.1, -0.05) is 13.8 Å². The minimum absolute atomic E-state index is 0.00320. The Morgan fingerprint density at radius 3 is 2.81 bits per heavy atom. The Morgan fingerprint density at radius 2 is 2.10 bits per heavy atom. The summed E-state index contributed by atoms with van der Waals surface area (Å²) in [5.41, 5.74) is 0.750. The quantitative estimate of drug-likeness (QED) is 0.821. The molecule has 2 N–H and O–H groups in total. The van der Waals surface area contributed by atoms with Gasteiger partial charge < -0.3 is 10.6 Å². The van der Waals surface area contributed by atoms with Gasteiger partial charge in [0.2, 0.25) is 11.9 Å². The Hall–Kier alpha value is -2.02. The van der Waals surface area contributed by atoms with E-state index >= 15 is 0 Å². The largest absolute Gasteiger partial charge is 0.356 e. The molecule has 112 valence electrons. The molecule has 0 aromatic carbocycles. The van der Waals surface area contributed by atoms with Crippen LogP contribution in [0.2, 0.25) is 0 Å². The lowest BCUT2D eigenvalue weighted by molar-refractivity contribution is -0.120. The first kappa shape index (κ1) is 15.4. The van der Waals surface area contributed by atoms with Gasteiger partial charge in [0.05, 0.1) is 12.1 Å². The van der Waals surface area contributed by atoms with Crippen molar-refractivity contribution in [3.63, 3.8) is 0 Å². The summed E-state index contributed by atoms with van der Waals surface area (Å²) in [6.07, 6.45) is 4.60. The highest BCUT2D eigenvalue weighted by Crippen LogP contribution is 2.18. The molecule has 0 atom stereocenters. The van der Waals surface area contributed by atoms with Crippen LogP contribution in [0.4, 0.5) is 11.1 Å². The molecule has 2 aromatic rings. The van der Waals surface area contributed by atoms with Crippen molar-refractivity contribution >= 4 is 28.3 Å². The van der Waals surface area contributed by atoms with Crippen LogP contribution in [0.15, 0.2) is 23.8 Å². The molecule has 1 amide bonds. The Labute approximate surface area is 128 Å². The monoisotopic (exact) mass is 305 g/mol. The summed E-state index contributed by atoms with van der Waals surface area (Å²) in [6, 6.07) is 1.75. The van der Waals surface area contributed by atoms with Crippen molar-refractivity contribution in [2.24, 2.45) is 5.92 Å². The van der Waals surface area contributed by atoms with Crippen LogP contribution in [0, 0.1) is 5.92 Å². The molecule has 0 fully saturated rings. The predicted octanol–water partition coefficient (Wildman–Crippen LogP) is 2.38. The summed E-state index contributed by atoms with van der Waals surface area (Å²) in [4.78, 5) is 24.3. The van der Waals surface area contributed by atoms with Gasteiger partial charge in [0.15, 0.2) is 5.13 Å². The third kappa shape index (κ3) is 5.47. The summed E-state index contributed by atoms with van der Waals surface area (Å²) in [5, 5.41) is 8.47. The molecule has 0 unspecified atom stereocenters. The molecule has 2 aromatic heterocycles. The molecule has 6 nitrogen and oxygen atoms in total. The summed E-state index contributed by atoms with van der Waals surface area (Å²) >= 11 is 1.43. The molecule has 2 rings (SSSR count). The molecule has 0 aliphatic heterocycles. The molecule has 0 aliphatic rings. The van der Waals surface area contributed by atoms with E-state index in [2.05, 4.69) is 39.4 Å². The third-order valence-electron chi connectivity index (χ3n) is 2.72. The van der Waals surface area contributed by atoms with Gasteiger partial charge in [-0.15, -0.1) is 11.3 Å². The number of thiazole rings is 1. The minimum atomic E-state index is 0.00320. The molecule has 2 heterocycles. The standard InChI is InChI=1S/C14H19N5OS/c1-10(2)4-7-15-12(20)8-11-9-21-14(18-11)19-13-16-5-3-6-17-13/h3,5-6,9-10H,4,7-8H2,1-2H3,(H,15,20)(H,16,17,18,19). The first-order valence-electron chi connectivity index (χ1n) is 6.88. The molecule has 21 heavy (non-hydrogen) atoms. The molecular weight excluding hydrogens is 286 g/mol. The SMILES string of the molecule is CC(C)CCNC(=O)Cc1csc(Nc2ncccn2)n1. The number of hydrogen-bond acceptors (Lipinski definition) is 6. The van der Waals surface area contributed by atoms with Gasteiger partial charge in [0.25, 0.3) is 0 Å². The minimum Gasteiger partial charge on any atom is -0.356 e. The van der Waals surface area contributed by atoms with Crippen molar-refractivity contribution in [1.82, 2.24) is 20.3 Å². The second-order valence-electron chi connectivity index (χ2n) is 5.05. The second kappa shape index (κ2) is 7.68. The van der Waals surface area contributed by atoms with E-state index in [9.17, 15) is 4.79 Å². The van der Waals surface area contributed by atoms with Gasteiger partial charge >= 0.3 is 0 Å². The first-order valence-corrected chi connectivity index (χ1v) is 7.76. The highest BCUT2D eigenvalue weighted by molar-refractivity contribution is 7.13. The van der Waals surface area contributed by atoms with Gasteiger partial charge in [0.1, 0.15) is 0 Å². The van der Waals surface area contributed by atoms with Crippen molar-refractivity contribution in [3.8, 4) is 0 Å². The average molecular weight is 305 g/mol. The molecule has 0 radical (unpaired) electrons. The van der Waals surface area contributed by atoms with E-state index in [-0.39, 0.29) is 5.91 Å². The Balaban J connectivity index is 1.81. The van der Waals surface area contributed by atoms with Crippen molar-refractivity contribution < 1.29 is 4.79 Å². The van der Waals surface area contributed by atoms with Crippen LogP contribution in [0.3, 0.4) is 0 Å². The van der Waals surface area contributed by atoms with E-state index in [1.807, 2.05) is 5.38 Å². The maximum absolute atomic E-state index is 11.8. The average Bonchev–Trinajstić information content (AvgIpc) is 2.86. The lowest BCUT2D eigenvalue weighted by Gasteiger charge is -2.06. The third-order valence-corrected chi connectivity index (χ3v) is 3.53. The fraction of sp³-hybridized carbons (Fsp3) is 0.429. The van der Waals surface area contributed by atoms with Crippen molar-refractivity contribution in [2.45, 2.75) is 26.7 Å². The van der Waals surface area contributed by atoms with Crippen LogP contribution >= 0.6 is 11.3 Å². The zero-order valence-electron chi connectivity index (χ0n) is 12.2. The highest BCUT2D eigenvalue weighted by atomic mass is 32.1. The van der Waals surface area contributed by atoms with Crippen molar-refractivity contribution in [3.05, 3.63) is 29.5 Å². The molecule has 0 bridgehead atoms. The van der Waals surface area contributed by atoms with Crippen LogP contribution in [0.1, 0.15) is 26.0 Å². The van der Waals surface area contributed by atoms with E-state index in [1.54, 1.807) is 18.5 Å². The fourth-order valence-electron chi connectivity index (χ4n) is 1.63. The number of hydrogen-bond donors (Lipinski definition) is 2. The fourth-order valence-corrected chi connectivity index (χ4v) is 2.34. The van der Waals surface area contributed by atoms with E-state index in [0.29, 0.717) is 30.0 Å². The molecule has 7 heteroatoms. The zero-order chi connectivity index (χ0) is 15.1. The van der Waals surface area contributed by atoms with E-state index in [0.717, 1.165) is 12.1 Å². The van der Waals surface area contributed by atoms with Crippen LogP contribution in [-0.4, -0.2) is 27.4 Å². The highest BCUT2D eigenvalue weighted by Gasteiger charge is 2.08. The summed E-state index contributed by atoms with van der Waals surface area (Å²) in [5.74, 6) is 1.09. The topological polar surface area (TPSA) is 79.8 Å². The van der Waals surface area contributed by atoms with Crippen LogP contribution in [0.25, 0.3) is 0 Å². The molecule has 0 aliphatic carbocycles. The second-order valence-corrected chi connectivity index (χ2v) is 5.91. The Kier molecular flexibility index (Phi) is 5.62. The predicted molar refractivity (Wildman–Crippen MR) is 83.6 cm³/mol. The van der Waals surface area contributed by atoms with E-state index < -0.39 is 0 Å². The number of nitrogens with zero attached hydrogens (tertiary/aromatic N) is 3. The van der Waals surface area contributed by atoms with Crippen molar-refractivity contribution in [2.75, 3.05) is 11.9 Å². The summed E-state index contributed by atoms with van der Waals surface area (Å²) in [6.45, 7) is 4.98. The van der Waals surface area contributed by atoms with E-state index in [1.165, 1.54) is 11.3 Å². The molecule has 0 saturated heterocycles.